The lowest BCUT2D eigenvalue weighted by Crippen LogP contribution is -2.30. The third kappa shape index (κ3) is 2.76. The van der Waals surface area contributed by atoms with Crippen LogP contribution in [0.1, 0.15) is 46.9 Å². The molecule has 4 nitrogen and oxygen atoms in total. The van der Waals surface area contributed by atoms with Crippen LogP contribution in [-0.4, -0.2) is 9.78 Å². The van der Waals surface area contributed by atoms with Crippen molar-refractivity contribution in [1.82, 2.24) is 15.2 Å². The van der Waals surface area contributed by atoms with Crippen molar-refractivity contribution in [2.75, 3.05) is 0 Å². The maximum atomic E-state index is 5.79. The molecule has 0 spiro atoms. The molecule has 2 heterocycles. The monoisotopic (exact) mass is 342 g/mol. The summed E-state index contributed by atoms with van der Waals surface area (Å²) in [5.41, 5.74) is 5.28. The molecule has 2 aromatic rings. The molecule has 2 aromatic heterocycles. The Hall–Kier alpha value is -0.690. The van der Waals surface area contributed by atoms with E-state index < -0.39 is 0 Å². The second-order valence-electron chi connectivity index (χ2n) is 4.90. The highest BCUT2D eigenvalue weighted by atomic mass is 79.9. The molecule has 0 saturated carbocycles. The minimum absolute atomic E-state index is 0.0447. The summed E-state index contributed by atoms with van der Waals surface area (Å²) in [6.45, 7) is 8.48. The number of aromatic nitrogens is 2. The van der Waals surface area contributed by atoms with Gasteiger partial charge in [-0.15, -0.1) is 11.3 Å². The van der Waals surface area contributed by atoms with Crippen molar-refractivity contribution in [1.29, 1.82) is 0 Å². The van der Waals surface area contributed by atoms with Gasteiger partial charge in [0.05, 0.1) is 22.4 Å². The van der Waals surface area contributed by atoms with Crippen molar-refractivity contribution in [3.8, 4) is 0 Å². The zero-order chi connectivity index (χ0) is 14.2. The van der Waals surface area contributed by atoms with Gasteiger partial charge in [0.1, 0.15) is 0 Å². The molecule has 0 aliphatic carbocycles. The Morgan fingerprint density at radius 2 is 2.11 bits per heavy atom. The summed E-state index contributed by atoms with van der Waals surface area (Å²) in [6.07, 6.45) is 1.83. The van der Waals surface area contributed by atoms with Crippen molar-refractivity contribution >= 4 is 27.3 Å². The predicted octanol–water partition coefficient (Wildman–Crippen LogP) is 3.46. The number of nitrogens with one attached hydrogen (secondary N) is 1. The minimum Gasteiger partial charge on any atom is -0.270 e. The Bertz CT molecular complexity index is 554. The molecule has 1 atom stereocenters. The van der Waals surface area contributed by atoms with E-state index in [0.29, 0.717) is 6.04 Å². The number of nitrogens with zero attached hydrogens (tertiary/aromatic N) is 2. The first-order chi connectivity index (χ1) is 8.95. The Balaban J connectivity index is 2.50. The van der Waals surface area contributed by atoms with E-state index in [1.165, 1.54) is 15.3 Å². The quantitative estimate of drug-likeness (QED) is 0.660. The second kappa shape index (κ2) is 5.75. The molecule has 0 aromatic carbocycles. The summed E-state index contributed by atoms with van der Waals surface area (Å²) < 4.78 is 2.98. The van der Waals surface area contributed by atoms with Gasteiger partial charge >= 0.3 is 0 Å². The molecule has 0 bridgehead atoms. The summed E-state index contributed by atoms with van der Waals surface area (Å²) in [6, 6.07) is 2.44. The third-order valence-electron chi connectivity index (χ3n) is 3.19. The van der Waals surface area contributed by atoms with Gasteiger partial charge in [-0.2, -0.15) is 5.10 Å². The van der Waals surface area contributed by atoms with E-state index in [1.54, 1.807) is 11.3 Å². The average Bonchev–Trinajstić information content (AvgIpc) is 2.86. The molecular formula is C13H19BrN4S. The highest BCUT2D eigenvalue weighted by molar-refractivity contribution is 9.10. The van der Waals surface area contributed by atoms with Gasteiger partial charge in [-0.05, 0) is 55.3 Å². The van der Waals surface area contributed by atoms with Crippen LogP contribution in [0.15, 0.2) is 16.7 Å². The highest BCUT2D eigenvalue weighted by Gasteiger charge is 2.23. The summed E-state index contributed by atoms with van der Waals surface area (Å²) in [5.74, 6) is 5.79. The number of aryl methyl sites for hydroxylation is 2. The van der Waals surface area contributed by atoms with E-state index in [9.17, 15) is 0 Å². The van der Waals surface area contributed by atoms with Gasteiger partial charge < -0.3 is 0 Å². The van der Waals surface area contributed by atoms with Gasteiger partial charge in [0, 0.05) is 15.8 Å². The van der Waals surface area contributed by atoms with E-state index in [2.05, 4.69) is 60.2 Å². The summed E-state index contributed by atoms with van der Waals surface area (Å²) >= 11 is 5.35. The normalized spacial score (nSPS) is 13.2. The number of hydrazine groups is 1. The fourth-order valence-electron chi connectivity index (χ4n) is 2.07. The maximum Gasteiger partial charge on any atom is 0.0981 e. The second-order valence-corrected chi connectivity index (χ2v) is 7.05. The fraction of sp³-hybridized carbons (Fsp3) is 0.462. The van der Waals surface area contributed by atoms with Crippen molar-refractivity contribution in [2.24, 2.45) is 5.84 Å². The van der Waals surface area contributed by atoms with Crippen molar-refractivity contribution < 1.29 is 0 Å². The minimum atomic E-state index is -0.0447. The van der Waals surface area contributed by atoms with E-state index in [-0.39, 0.29) is 6.04 Å². The molecule has 0 aliphatic heterocycles. The van der Waals surface area contributed by atoms with Gasteiger partial charge in [-0.3, -0.25) is 10.5 Å². The molecule has 19 heavy (non-hydrogen) atoms. The molecule has 3 N–H and O–H groups in total. The lowest BCUT2D eigenvalue weighted by molar-refractivity contribution is 0.477. The largest absolute Gasteiger partial charge is 0.270 e. The smallest absolute Gasteiger partial charge is 0.0981 e. The molecule has 0 saturated heterocycles. The first kappa shape index (κ1) is 14.7. The zero-order valence-electron chi connectivity index (χ0n) is 11.6. The lowest BCUT2D eigenvalue weighted by atomic mass is 10.1. The molecule has 6 heteroatoms. The van der Waals surface area contributed by atoms with Crippen LogP contribution in [0.3, 0.4) is 0 Å². The number of halogens is 1. The van der Waals surface area contributed by atoms with E-state index >= 15 is 0 Å². The van der Waals surface area contributed by atoms with Crippen LogP contribution in [-0.2, 0) is 0 Å². The maximum absolute atomic E-state index is 5.79. The van der Waals surface area contributed by atoms with Gasteiger partial charge in [0.15, 0.2) is 0 Å². The van der Waals surface area contributed by atoms with E-state index in [1.807, 2.05) is 10.9 Å². The Labute approximate surface area is 126 Å². The van der Waals surface area contributed by atoms with Crippen LogP contribution in [0.2, 0.25) is 0 Å². The van der Waals surface area contributed by atoms with E-state index in [0.717, 1.165) is 10.2 Å². The fourth-order valence-corrected chi connectivity index (χ4v) is 3.68. The highest BCUT2D eigenvalue weighted by Crippen LogP contribution is 2.34. The number of hydrogen-bond donors (Lipinski definition) is 2. The summed E-state index contributed by atoms with van der Waals surface area (Å²) in [5, 5.41) is 4.42. The molecule has 104 valence electrons. The van der Waals surface area contributed by atoms with Crippen LogP contribution in [0.5, 0.6) is 0 Å². The Morgan fingerprint density at radius 3 is 2.58 bits per heavy atom. The molecule has 0 fully saturated rings. The first-order valence-electron chi connectivity index (χ1n) is 6.21. The SMILES string of the molecule is Cc1cc(C(NN)c2c(Br)cnn2C(C)C)sc1C. The standard InChI is InChI=1S/C13H19BrN4S/c1-7(2)18-13(10(14)6-16-18)12(17-15)11-5-8(3)9(4)19-11/h5-7,12,17H,15H2,1-4H3. The van der Waals surface area contributed by atoms with Crippen molar-refractivity contribution in [2.45, 2.75) is 39.8 Å². The molecule has 0 aliphatic rings. The van der Waals surface area contributed by atoms with Crippen LogP contribution < -0.4 is 11.3 Å². The Kier molecular flexibility index (Phi) is 4.45. The van der Waals surface area contributed by atoms with Gasteiger partial charge in [0.25, 0.3) is 0 Å². The molecule has 0 radical (unpaired) electrons. The van der Waals surface area contributed by atoms with Crippen LogP contribution >= 0.6 is 27.3 Å². The van der Waals surface area contributed by atoms with Crippen LogP contribution in [0, 0.1) is 13.8 Å². The van der Waals surface area contributed by atoms with Gasteiger partial charge in [0.2, 0.25) is 0 Å². The molecule has 0 amide bonds. The number of hydrogen-bond acceptors (Lipinski definition) is 4. The lowest BCUT2D eigenvalue weighted by Gasteiger charge is -2.19. The molecule has 2 rings (SSSR count). The Morgan fingerprint density at radius 1 is 1.42 bits per heavy atom. The van der Waals surface area contributed by atoms with E-state index in [4.69, 9.17) is 5.84 Å². The molecule has 1 unspecified atom stereocenters. The summed E-state index contributed by atoms with van der Waals surface area (Å²) in [7, 11) is 0. The first-order valence-corrected chi connectivity index (χ1v) is 7.82. The number of thiophene rings is 1. The number of nitrogens with two attached hydrogens (primary N) is 1. The predicted molar refractivity (Wildman–Crippen MR) is 83.3 cm³/mol. The van der Waals surface area contributed by atoms with Gasteiger partial charge in [-0.25, -0.2) is 5.43 Å². The van der Waals surface area contributed by atoms with Crippen molar-refractivity contribution in [3.05, 3.63) is 37.7 Å². The average molecular weight is 343 g/mol. The topological polar surface area (TPSA) is 55.9 Å². The van der Waals surface area contributed by atoms with Gasteiger partial charge in [-0.1, -0.05) is 0 Å². The number of rotatable bonds is 4. The van der Waals surface area contributed by atoms with Crippen LogP contribution in [0.4, 0.5) is 0 Å². The molecular weight excluding hydrogens is 324 g/mol. The van der Waals surface area contributed by atoms with Crippen molar-refractivity contribution in [3.63, 3.8) is 0 Å². The zero-order valence-corrected chi connectivity index (χ0v) is 14.0. The third-order valence-corrected chi connectivity index (χ3v) is 5.01. The summed E-state index contributed by atoms with van der Waals surface area (Å²) in [4.78, 5) is 2.53. The van der Waals surface area contributed by atoms with Crippen LogP contribution in [0.25, 0.3) is 0 Å².